The lowest BCUT2D eigenvalue weighted by Gasteiger charge is -2.36. The van der Waals surface area contributed by atoms with Crippen LogP contribution in [-0.4, -0.2) is 88.3 Å². The van der Waals surface area contributed by atoms with Crippen molar-refractivity contribution in [1.82, 2.24) is 16.0 Å². The highest BCUT2D eigenvalue weighted by Gasteiger charge is 2.38. The first-order chi connectivity index (χ1) is 29.9. The van der Waals surface area contributed by atoms with Gasteiger partial charge in [0.1, 0.15) is 35.9 Å². The number of rotatable bonds is 25. The Bertz CT molecular complexity index is 1930. The van der Waals surface area contributed by atoms with E-state index in [0.717, 1.165) is 16.7 Å². The van der Waals surface area contributed by atoms with Gasteiger partial charge in [0.15, 0.2) is 0 Å². The van der Waals surface area contributed by atoms with Crippen LogP contribution in [0.25, 0.3) is 0 Å². The van der Waals surface area contributed by atoms with Crippen LogP contribution in [0.5, 0.6) is 11.5 Å². The molecule has 15 nitrogen and oxygen atoms in total. The van der Waals surface area contributed by atoms with Gasteiger partial charge in [0, 0.05) is 31.3 Å². The molecule has 7 N–H and O–H groups in total. The minimum absolute atomic E-state index is 0.00108. The Balaban J connectivity index is 1.22. The van der Waals surface area contributed by atoms with Gasteiger partial charge in [-0.1, -0.05) is 87.5 Å². The number of alkyl carbamates (subject to hydrolysis) is 1. The molecular weight excluding hydrogens is 795 g/mol. The van der Waals surface area contributed by atoms with E-state index in [0.29, 0.717) is 42.0 Å². The lowest BCUT2D eigenvalue weighted by atomic mass is 9.80. The van der Waals surface area contributed by atoms with Crippen molar-refractivity contribution in [3.63, 3.8) is 0 Å². The highest BCUT2D eigenvalue weighted by Crippen LogP contribution is 2.41. The van der Waals surface area contributed by atoms with E-state index in [1.165, 1.54) is 0 Å². The molecule has 4 aromatic rings. The summed E-state index contributed by atoms with van der Waals surface area (Å²) in [5.74, 6) is 0.561. The molecule has 0 radical (unpaired) electrons. The van der Waals surface area contributed by atoms with Gasteiger partial charge in [-0.25, -0.2) is 9.59 Å². The second-order valence-corrected chi connectivity index (χ2v) is 15.1. The number of primary amides is 1. The maximum absolute atomic E-state index is 13.2. The first kappa shape index (κ1) is 48.5. The summed E-state index contributed by atoms with van der Waals surface area (Å²) in [5, 5.41) is 21.8. The average molecular weight is 856 g/mol. The highest BCUT2D eigenvalue weighted by molar-refractivity contribution is 5.97. The minimum Gasteiger partial charge on any atom is -0.497 e. The van der Waals surface area contributed by atoms with Crippen molar-refractivity contribution in [3.8, 4) is 11.5 Å². The number of benzene rings is 4. The van der Waals surface area contributed by atoms with Crippen molar-refractivity contribution in [3.05, 3.63) is 125 Å². The quantitative estimate of drug-likeness (QED) is 0.0345. The summed E-state index contributed by atoms with van der Waals surface area (Å²) in [5.41, 5.74) is 7.81. The van der Waals surface area contributed by atoms with E-state index in [2.05, 4.69) is 21.3 Å². The van der Waals surface area contributed by atoms with E-state index in [1.807, 2.05) is 92.7 Å². The number of hydrogen-bond acceptors (Lipinski definition) is 10. The van der Waals surface area contributed by atoms with Gasteiger partial charge in [0.25, 0.3) is 0 Å². The van der Waals surface area contributed by atoms with Crippen molar-refractivity contribution >= 4 is 29.6 Å². The zero-order valence-electron chi connectivity index (χ0n) is 36.2. The topological polar surface area (TPSA) is 209 Å². The van der Waals surface area contributed by atoms with E-state index < -0.39 is 35.8 Å². The van der Waals surface area contributed by atoms with Gasteiger partial charge in [0.2, 0.25) is 11.8 Å². The maximum atomic E-state index is 13.2. The second-order valence-electron chi connectivity index (χ2n) is 15.1. The molecule has 5 amide bonds. The fourth-order valence-electron chi connectivity index (χ4n) is 6.43. The maximum Gasteiger partial charge on any atom is 0.407 e. The molecular formula is C47H61N5O10. The monoisotopic (exact) mass is 855 g/mol. The lowest BCUT2D eigenvalue weighted by molar-refractivity contribution is -0.130. The third-order valence-corrected chi connectivity index (χ3v) is 10.3. The number of hydrogen-bond donors (Lipinski definition) is 6. The van der Waals surface area contributed by atoms with Crippen molar-refractivity contribution < 1.29 is 48.0 Å². The Morgan fingerprint density at radius 3 is 1.85 bits per heavy atom. The summed E-state index contributed by atoms with van der Waals surface area (Å²) < 4.78 is 28.7. The molecule has 0 saturated heterocycles. The number of ether oxygens (including phenoxy) is 5. The van der Waals surface area contributed by atoms with Crippen LogP contribution in [0.4, 0.5) is 15.3 Å². The van der Waals surface area contributed by atoms with E-state index >= 15 is 0 Å². The summed E-state index contributed by atoms with van der Waals surface area (Å²) in [6.07, 6.45) is -0.366. The Hall–Kier alpha value is -6.16. The van der Waals surface area contributed by atoms with Crippen molar-refractivity contribution in [2.45, 2.75) is 64.4 Å². The van der Waals surface area contributed by atoms with Crippen LogP contribution in [0.2, 0.25) is 0 Å². The number of carbonyl (C=O) groups excluding carboxylic acids is 4. The fourth-order valence-corrected chi connectivity index (χ4v) is 6.43. The zero-order chi connectivity index (χ0) is 44.9. The number of nitrogens with two attached hydrogens (primary N) is 1. The Kier molecular flexibility index (Phi) is 19.5. The molecule has 3 atom stereocenters. The van der Waals surface area contributed by atoms with E-state index in [1.54, 1.807) is 45.4 Å². The molecule has 0 aromatic heterocycles. The Morgan fingerprint density at radius 1 is 0.710 bits per heavy atom. The van der Waals surface area contributed by atoms with Gasteiger partial charge in [-0.15, -0.1) is 0 Å². The number of nitrogens with one attached hydrogen (secondary N) is 4. The molecule has 4 rings (SSSR count). The number of aliphatic hydroxyl groups excluding tert-OH is 1. The number of urea groups is 1. The highest BCUT2D eigenvalue weighted by atomic mass is 16.5. The summed E-state index contributed by atoms with van der Waals surface area (Å²) in [6, 6.07) is 30.4. The molecule has 0 bridgehead atoms. The third-order valence-electron chi connectivity index (χ3n) is 10.3. The number of methoxy groups -OCH3 is 2. The normalized spacial score (nSPS) is 12.7. The fraction of sp³-hybridized carbons (Fsp3) is 0.404. The van der Waals surface area contributed by atoms with Crippen LogP contribution in [0.1, 0.15) is 62.3 Å². The molecule has 0 saturated carbocycles. The first-order valence-corrected chi connectivity index (χ1v) is 20.7. The predicted octanol–water partition coefficient (Wildman–Crippen LogP) is 5.87. The standard InChI is InChI=1S/C47H61N5O10/c1-32(2)33(3)43(54)52-42(13-9-26-49-45(48)56)44(55)51-38-20-14-34(15-21-38)29-61-46(57)50-27-10-28-60-30-39(53)31-62-47(35-11-7-6-8-12-35,36-16-22-40(58-4)23-17-36)37-18-24-41(59-5)25-19-37/h6-8,11-12,14-25,32-33,39,42,53H,9-10,13,26-31H2,1-5H3,(H,50,57)(H,51,55)(H,52,54)(H3,48,49,56)/t33-,39?,42-/m0/s1. The van der Waals surface area contributed by atoms with E-state index in [9.17, 15) is 24.3 Å². The summed E-state index contributed by atoms with van der Waals surface area (Å²) >= 11 is 0. The third kappa shape index (κ3) is 14.8. The van der Waals surface area contributed by atoms with E-state index in [4.69, 9.17) is 29.4 Å². The summed E-state index contributed by atoms with van der Waals surface area (Å²) in [7, 11) is 3.23. The smallest absolute Gasteiger partial charge is 0.407 e. The van der Waals surface area contributed by atoms with Crippen LogP contribution in [0.3, 0.4) is 0 Å². The van der Waals surface area contributed by atoms with Crippen LogP contribution in [-0.2, 0) is 36.0 Å². The Morgan fingerprint density at radius 2 is 1.29 bits per heavy atom. The molecule has 4 aromatic carbocycles. The summed E-state index contributed by atoms with van der Waals surface area (Å²) in [6.45, 7) is 6.46. The van der Waals surface area contributed by atoms with Crippen LogP contribution in [0.15, 0.2) is 103 Å². The minimum atomic E-state index is -1.08. The molecule has 15 heteroatoms. The molecule has 0 aliphatic rings. The molecule has 0 heterocycles. The number of amides is 5. The van der Waals surface area contributed by atoms with Gasteiger partial charge in [-0.2, -0.15) is 0 Å². The SMILES string of the molecule is COc1ccc(C(OCC(O)COCCCNC(=O)OCc2ccc(NC(=O)[C@H](CCCNC(N)=O)NC(=O)[C@@H](C)C(C)C)cc2)(c2ccccc2)c2ccc(OC)cc2)cc1. The molecule has 0 fully saturated rings. The molecule has 0 spiro atoms. The van der Waals surface area contributed by atoms with Gasteiger partial charge in [-0.05, 0) is 83.8 Å². The van der Waals surface area contributed by atoms with Crippen molar-refractivity contribution in [2.75, 3.05) is 52.4 Å². The van der Waals surface area contributed by atoms with E-state index in [-0.39, 0.29) is 57.3 Å². The Labute approximate surface area is 364 Å². The van der Waals surface area contributed by atoms with Crippen LogP contribution < -0.4 is 36.5 Å². The molecule has 334 valence electrons. The van der Waals surface area contributed by atoms with Crippen LogP contribution >= 0.6 is 0 Å². The van der Waals surface area contributed by atoms with Crippen molar-refractivity contribution in [1.29, 1.82) is 0 Å². The van der Waals surface area contributed by atoms with Gasteiger partial charge in [-0.3, -0.25) is 9.59 Å². The summed E-state index contributed by atoms with van der Waals surface area (Å²) in [4.78, 5) is 49.3. The molecule has 1 unspecified atom stereocenters. The van der Waals surface area contributed by atoms with Crippen LogP contribution in [0, 0.1) is 11.8 Å². The number of anilines is 1. The van der Waals surface area contributed by atoms with Gasteiger partial charge < -0.3 is 55.8 Å². The molecule has 62 heavy (non-hydrogen) atoms. The largest absolute Gasteiger partial charge is 0.497 e. The average Bonchev–Trinajstić information content (AvgIpc) is 3.28. The zero-order valence-corrected chi connectivity index (χ0v) is 36.2. The second kappa shape index (κ2) is 24.9. The predicted molar refractivity (Wildman–Crippen MR) is 236 cm³/mol. The first-order valence-electron chi connectivity index (χ1n) is 20.7. The lowest BCUT2D eigenvalue weighted by Crippen LogP contribution is -2.46. The van der Waals surface area contributed by atoms with Gasteiger partial charge in [0.05, 0.1) is 27.4 Å². The van der Waals surface area contributed by atoms with Gasteiger partial charge >= 0.3 is 12.1 Å². The molecule has 0 aliphatic carbocycles. The number of aliphatic hydroxyl groups is 1. The number of carbonyl (C=O) groups is 4. The molecule has 0 aliphatic heterocycles. The van der Waals surface area contributed by atoms with Crippen molar-refractivity contribution in [2.24, 2.45) is 17.6 Å².